The van der Waals surface area contributed by atoms with Gasteiger partial charge in [-0.15, -0.1) is 0 Å². The van der Waals surface area contributed by atoms with Crippen molar-refractivity contribution in [2.75, 3.05) is 0 Å². The number of hydrogen-bond donors (Lipinski definition) is 1. The molecule has 0 radical (unpaired) electrons. The normalized spacial score (nSPS) is 11.5. The minimum atomic E-state index is -1.14. The summed E-state index contributed by atoms with van der Waals surface area (Å²) < 4.78 is 8.37. The topological polar surface area (TPSA) is 74.3 Å². The maximum Gasteiger partial charge on any atom is 0.274 e. The summed E-state index contributed by atoms with van der Waals surface area (Å²) in [5, 5.41) is 0.658. The number of benzene rings is 2. The van der Waals surface area contributed by atoms with Crippen molar-refractivity contribution in [2.45, 2.75) is 26.4 Å². The van der Waals surface area contributed by atoms with Crippen LogP contribution in [0.15, 0.2) is 53.0 Å². The molecule has 1 aromatic heterocycles. The Morgan fingerprint density at radius 3 is 2.31 bits per heavy atom. The van der Waals surface area contributed by atoms with Crippen molar-refractivity contribution >= 4 is 38.6 Å². The molecule has 0 saturated heterocycles. The predicted octanol–water partition coefficient (Wildman–Crippen LogP) is 4.31. The molecule has 0 spiro atoms. The van der Waals surface area contributed by atoms with E-state index >= 15 is 0 Å². The number of fused-ring (bicyclic) bond motifs is 1. The van der Waals surface area contributed by atoms with E-state index in [-0.39, 0.29) is 5.91 Å². The molecule has 2 aromatic carbocycles. The van der Waals surface area contributed by atoms with E-state index in [1.54, 1.807) is 45.0 Å². The van der Waals surface area contributed by atoms with Gasteiger partial charge >= 0.3 is 0 Å². The molecular formula is C20H19BrN2O3. The average molecular weight is 415 g/mol. The third-order valence-electron chi connectivity index (χ3n) is 4.26. The van der Waals surface area contributed by atoms with Crippen LogP contribution in [0.4, 0.5) is 0 Å². The lowest BCUT2D eigenvalue weighted by atomic mass is 10.1. The molecular weight excluding hydrogens is 396 g/mol. The zero-order chi connectivity index (χ0) is 19.1. The Morgan fingerprint density at radius 2 is 1.69 bits per heavy atom. The average Bonchev–Trinajstić information content (AvgIpc) is 2.88. The van der Waals surface area contributed by atoms with Crippen molar-refractivity contribution in [3.63, 3.8) is 0 Å². The zero-order valence-corrected chi connectivity index (χ0v) is 16.3. The maximum absolute atomic E-state index is 13.3. The van der Waals surface area contributed by atoms with Crippen molar-refractivity contribution in [3.8, 4) is 5.75 Å². The van der Waals surface area contributed by atoms with Crippen molar-refractivity contribution < 1.29 is 14.3 Å². The number of ether oxygens (including phenoxy) is 1. The molecule has 0 fully saturated rings. The summed E-state index contributed by atoms with van der Waals surface area (Å²) in [5.74, 6) is -0.255. The lowest BCUT2D eigenvalue weighted by Gasteiger charge is -2.26. The van der Waals surface area contributed by atoms with Gasteiger partial charge in [0.25, 0.3) is 11.8 Å². The second-order valence-electron chi connectivity index (χ2n) is 6.55. The Balaban J connectivity index is 2.08. The van der Waals surface area contributed by atoms with Gasteiger partial charge in [0.05, 0.1) is 11.1 Å². The molecule has 0 unspecified atom stereocenters. The van der Waals surface area contributed by atoms with Gasteiger partial charge in [0.2, 0.25) is 0 Å². The van der Waals surface area contributed by atoms with Crippen molar-refractivity contribution in [2.24, 2.45) is 5.73 Å². The van der Waals surface area contributed by atoms with Gasteiger partial charge < -0.3 is 10.5 Å². The van der Waals surface area contributed by atoms with Crippen molar-refractivity contribution in [1.82, 2.24) is 4.57 Å². The Kier molecular flexibility index (Phi) is 4.63. The Hall–Kier alpha value is -2.60. The first-order valence-corrected chi connectivity index (χ1v) is 8.91. The second kappa shape index (κ2) is 6.61. The maximum atomic E-state index is 13.3. The standard InChI is InChI=1S/C20H19BrN2O3/c1-12-17(18(22)24)15-6-4-5-7-16(15)23(12)19(25)20(2,3)26-14-10-8-13(21)9-11-14/h4-11H,1-3H3,(H2,22,24). The first-order chi connectivity index (χ1) is 12.2. The van der Waals surface area contributed by atoms with E-state index in [9.17, 15) is 9.59 Å². The highest BCUT2D eigenvalue weighted by molar-refractivity contribution is 9.10. The van der Waals surface area contributed by atoms with Gasteiger partial charge in [-0.05, 0) is 51.1 Å². The summed E-state index contributed by atoms with van der Waals surface area (Å²) in [7, 11) is 0. The SMILES string of the molecule is Cc1c(C(N)=O)c2ccccc2n1C(=O)C(C)(C)Oc1ccc(Br)cc1. The number of carbonyl (C=O) groups is 2. The highest BCUT2D eigenvalue weighted by atomic mass is 79.9. The minimum absolute atomic E-state index is 0.276. The van der Waals surface area contributed by atoms with E-state index in [4.69, 9.17) is 10.5 Å². The van der Waals surface area contributed by atoms with E-state index in [0.717, 1.165) is 4.47 Å². The first-order valence-electron chi connectivity index (χ1n) is 8.11. The largest absolute Gasteiger partial charge is 0.478 e. The monoisotopic (exact) mass is 414 g/mol. The van der Waals surface area contributed by atoms with Gasteiger partial charge in [-0.25, -0.2) is 0 Å². The Labute approximate surface area is 159 Å². The molecule has 3 rings (SSSR count). The number of carbonyl (C=O) groups excluding carboxylic acids is 2. The summed E-state index contributed by atoms with van der Waals surface area (Å²) >= 11 is 3.37. The van der Waals surface area contributed by atoms with E-state index in [0.29, 0.717) is 27.9 Å². The molecule has 0 aliphatic rings. The first kappa shape index (κ1) is 18.2. The second-order valence-corrected chi connectivity index (χ2v) is 7.46. The number of hydrogen-bond acceptors (Lipinski definition) is 3. The lowest BCUT2D eigenvalue weighted by Crippen LogP contribution is -2.42. The Morgan fingerprint density at radius 1 is 1.08 bits per heavy atom. The molecule has 134 valence electrons. The fourth-order valence-electron chi connectivity index (χ4n) is 3.05. The van der Waals surface area contributed by atoms with Crippen LogP contribution in [-0.4, -0.2) is 22.0 Å². The number of nitrogens with zero attached hydrogens (tertiary/aromatic N) is 1. The highest BCUT2D eigenvalue weighted by Gasteiger charge is 2.34. The number of aromatic nitrogens is 1. The molecule has 5 nitrogen and oxygen atoms in total. The molecule has 6 heteroatoms. The highest BCUT2D eigenvalue weighted by Crippen LogP contribution is 2.29. The number of amides is 1. The smallest absolute Gasteiger partial charge is 0.274 e. The van der Waals surface area contributed by atoms with Crippen LogP contribution < -0.4 is 10.5 Å². The zero-order valence-electron chi connectivity index (χ0n) is 14.7. The fourth-order valence-corrected chi connectivity index (χ4v) is 3.31. The van der Waals surface area contributed by atoms with Crippen LogP contribution in [0.1, 0.15) is 34.7 Å². The third kappa shape index (κ3) is 3.12. The number of nitrogens with two attached hydrogens (primary N) is 1. The van der Waals surface area contributed by atoms with E-state index < -0.39 is 11.5 Å². The number of para-hydroxylation sites is 1. The minimum Gasteiger partial charge on any atom is -0.478 e. The van der Waals surface area contributed by atoms with Crippen LogP contribution in [-0.2, 0) is 0 Å². The number of halogens is 1. The molecule has 2 N–H and O–H groups in total. The fraction of sp³-hybridized carbons (Fsp3) is 0.200. The molecule has 1 heterocycles. The van der Waals surface area contributed by atoms with Gasteiger partial charge in [-0.2, -0.15) is 0 Å². The van der Waals surface area contributed by atoms with Crippen molar-refractivity contribution in [3.05, 3.63) is 64.3 Å². The van der Waals surface area contributed by atoms with Crippen molar-refractivity contribution in [1.29, 1.82) is 0 Å². The Bertz CT molecular complexity index is 1000. The molecule has 0 aliphatic carbocycles. The van der Waals surface area contributed by atoms with E-state index in [1.165, 1.54) is 4.57 Å². The molecule has 26 heavy (non-hydrogen) atoms. The molecule has 0 aliphatic heterocycles. The predicted molar refractivity (Wildman–Crippen MR) is 105 cm³/mol. The van der Waals surface area contributed by atoms with Gasteiger partial charge in [0.15, 0.2) is 5.60 Å². The van der Waals surface area contributed by atoms with Crippen LogP contribution in [0.25, 0.3) is 10.9 Å². The number of rotatable bonds is 4. The summed E-state index contributed by atoms with van der Waals surface area (Å²) in [6, 6.07) is 14.5. The summed E-state index contributed by atoms with van der Waals surface area (Å²) in [4.78, 5) is 25.2. The number of primary amides is 1. The van der Waals surface area contributed by atoms with E-state index in [2.05, 4.69) is 15.9 Å². The quantitative estimate of drug-likeness (QED) is 0.690. The summed E-state index contributed by atoms with van der Waals surface area (Å²) in [5.41, 5.74) is 5.90. The van der Waals surface area contributed by atoms with E-state index in [1.807, 2.05) is 24.3 Å². The molecule has 0 saturated carbocycles. The third-order valence-corrected chi connectivity index (χ3v) is 4.79. The molecule has 3 aromatic rings. The summed E-state index contributed by atoms with van der Waals surface area (Å²) in [6.07, 6.45) is 0. The van der Waals surface area contributed by atoms with Crippen LogP contribution >= 0.6 is 15.9 Å². The lowest BCUT2D eigenvalue weighted by molar-refractivity contribution is 0.0491. The molecule has 0 bridgehead atoms. The van der Waals surface area contributed by atoms with Crippen LogP contribution in [0, 0.1) is 6.92 Å². The molecule has 1 amide bonds. The van der Waals surface area contributed by atoms with Gasteiger partial charge in [-0.1, -0.05) is 34.1 Å². The van der Waals surface area contributed by atoms with Gasteiger partial charge in [0.1, 0.15) is 5.75 Å². The van der Waals surface area contributed by atoms with Gasteiger partial charge in [0, 0.05) is 15.6 Å². The van der Waals surface area contributed by atoms with Gasteiger partial charge in [-0.3, -0.25) is 14.2 Å². The summed E-state index contributed by atoms with van der Waals surface area (Å²) in [6.45, 7) is 5.12. The van der Waals surface area contributed by atoms with Crippen LogP contribution in [0.2, 0.25) is 0 Å². The molecule has 0 atom stereocenters. The van der Waals surface area contributed by atoms with Crippen LogP contribution in [0.5, 0.6) is 5.75 Å². The van der Waals surface area contributed by atoms with Crippen LogP contribution in [0.3, 0.4) is 0 Å².